The van der Waals surface area contributed by atoms with Gasteiger partial charge in [0.1, 0.15) is 0 Å². The smallest absolute Gasteiger partial charge is 0.251 e. The molecular formula is C26H25Cl2N3O. The molecule has 4 heterocycles. The van der Waals surface area contributed by atoms with Crippen LogP contribution >= 0.6 is 23.2 Å². The van der Waals surface area contributed by atoms with E-state index >= 15 is 0 Å². The number of nitrogens with one attached hydrogen (secondary N) is 1. The Bertz CT molecular complexity index is 1160. The first-order valence-electron chi connectivity index (χ1n) is 11.0. The highest BCUT2D eigenvalue weighted by Crippen LogP contribution is 2.42. The van der Waals surface area contributed by atoms with Crippen LogP contribution in [0.1, 0.15) is 34.8 Å². The van der Waals surface area contributed by atoms with E-state index in [1.807, 2.05) is 30.5 Å². The van der Waals surface area contributed by atoms with E-state index in [4.69, 9.17) is 23.2 Å². The fraction of sp³-hybridized carbons (Fsp3) is 0.308. The van der Waals surface area contributed by atoms with Crippen LogP contribution in [0.5, 0.6) is 0 Å². The van der Waals surface area contributed by atoms with Crippen molar-refractivity contribution in [1.29, 1.82) is 0 Å². The second-order valence-corrected chi connectivity index (χ2v) is 9.65. The number of amides is 1. The number of benzene rings is 2. The van der Waals surface area contributed by atoms with Crippen LogP contribution in [0.2, 0.25) is 10.0 Å². The van der Waals surface area contributed by atoms with E-state index in [1.165, 1.54) is 6.42 Å². The monoisotopic (exact) mass is 465 g/mol. The molecule has 32 heavy (non-hydrogen) atoms. The molecule has 4 nitrogen and oxygen atoms in total. The molecule has 164 valence electrons. The SMILES string of the molecule is C=CC1CN2CCC1CC2[C@@H](NC(=O)c1cc(Cl)cc(Cl)c1)c1ccnc2ccccc12. The number of halogens is 2. The molecule has 3 saturated heterocycles. The van der Waals surface area contributed by atoms with Crippen LogP contribution in [0.25, 0.3) is 10.9 Å². The molecular weight excluding hydrogens is 441 g/mol. The van der Waals surface area contributed by atoms with E-state index in [-0.39, 0.29) is 18.0 Å². The maximum absolute atomic E-state index is 13.4. The topological polar surface area (TPSA) is 45.2 Å². The molecule has 4 unspecified atom stereocenters. The highest BCUT2D eigenvalue weighted by atomic mass is 35.5. The second kappa shape index (κ2) is 8.86. The number of aromatic nitrogens is 1. The molecule has 3 aromatic rings. The number of carbonyl (C=O) groups excluding carboxylic acids is 1. The van der Waals surface area contributed by atoms with Crippen LogP contribution in [-0.4, -0.2) is 34.9 Å². The van der Waals surface area contributed by atoms with Gasteiger partial charge in [-0.3, -0.25) is 14.7 Å². The number of para-hydroxylation sites is 1. The number of piperidine rings is 3. The summed E-state index contributed by atoms with van der Waals surface area (Å²) in [4.78, 5) is 20.4. The maximum Gasteiger partial charge on any atom is 0.251 e. The van der Waals surface area contributed by atoms with Gasteiger partial charge in [-0.05, 0) is 67.1 Å². The third-order valence-electron chi connectivity index (χ3n) is 6.97. The summed E-state index contributed by atoms with van der Waals surface area (Å²) in [5.74, 6) is 0.927. The van der Waals surface area contributed by atoms with Crippen molar-refractivity contribution >= 4 is 40.0 Å². The van der Waals surface area contributed by atoms with Gasteiger partial charge in [0.25, 0.3) is 5.91 Å². The third-order valence-corrected chi connectivity index (χ3v) is 7.40. The van der Waals surface area contributed by atoms with Gasteiger partial charge in [-0.2, -0.15) is 0 Å². The van der Waals surface area contributed by atoms with Crippen LogP contribution in [0, 0.1) is 11.8 Å². The van der Waals surface area contributed by atoms with Crippen molar-refractivity contribution in [2.75, 3.05) is 13.1 Å². The summed E-state index contributed by atoms with van der Waals surface area (Å²) in [6, 6.07) is 15.1. The summed E-state index contributed by atoms with van der Waals surface area (Å²) in [6.07, 6.45) is 6.12. The minimum Gasteiger partial charge on any atom is -0.344 e. The molecule has 0 aliphatic carbocycles. The Morgan fingerprint density at radius 1 is 1.19 bits per heavy atom. The fourth-order valence-corrected chi connectivity index (χ4v) is 5.93. The number of nitrogens with zero attached hydrogens (tertiary/aromatic N) is 2. The van der Waals surface area contributed by atoms with Crippen molar-refractivity contribution in [3.05, 3.63) is 88.6 Å². The zero-order valence-corrected chi connectivity index (χ0v) is 19.2. The van der Waals surface area contributed by atoms with Crippen LogP contribution < -0.4 is 5.32 Å². The van der Waals surface area contributed by atoms with Crippen LogP contribution in [-0.2, 0) is 0 Å². The summed E-state index contributed by atoms with van der Waals surface area (Å²) in [5, 5.41) is 5.29. The Labute approximate surface area is 198 Å². The molecule has 1 N–H and O–H groups in total. The lowest BCUT2D eigenvalue weighted by molar-refractivity contribution is 0.00171. The largest absolute Gasteiger partial charge is 0.344 e. The molecule has 5 atom stereocenters. The lowest BCUT2D eigenvalue weighted by Crippen LogP contribution is -2.57. The number of carbonyl (C=O) groups is 1. The first-order chi connectivity index (χ1) is 15.5. The molecule has 3 fully saturated rings. The van der Waals surface area contributed by atoms with Crippen LogP contribution in [0.4, 0.5) is 0 Å². The first-order valence-corrected chi connectivity index (χ1v) is 11.8. The molecule has 0 spiro atoms. The fourth-order valence-electron chi connectivity index (χ4n) is 5.40. The summed E-state index contributed by atoms with van der Waals surface area (Å²) in [6.45, 7) is 6.07. The van der Waals surface area contributed by atoms with Gasteiger partial charge in [0.15, 0.2) is 0 Å². The van der Waals surface area contributed by atoms with E-state index in [1.54, 1.807) is 18.2 Å². The van der Waals surface area contributed by atoms with Crippen LogP contribution in [0.3, 0.4) is 0 Å². The summed E-state index contributed by atoms with van der Waals surface area (Å²) in [5.41, 5.74) is 2.48. The van der Waals surface area contributed by atoms with Crippen molar-refractivity contribution < 1.29 is 4.79 Å². The Hall–Kier alpha value is -2.40. The molecule has 6 heteroatoms. The zero-order valence-electron chi connectivity index (χ0n) is 17.7. The molecule has 1 aromatic heterocycles. The van der Waals surface area contributed by atoms with Crippen molar-refractivity contribution in [3.8, 4) is 0 Å². The number of hydrogen-bond acceptors (Lipinski definition) is 3. The van der Waals surface area contributed by atoms with Gasteiger partial charge in [0.2, 0.25) is 0 Å². The second-order valence-electron chi connectivity index (χ2n) is 8.77. The summed E-state index contributed by atoms with van der Waals surface area (Å²) in [7, 11) is 0. The molecule has 0 radical (unpaired) electrons. The van der Waals surface area contributed by atoms with E-state index in [0.29, 0.717) is 27.4 Å². The third kappa shape index (κ3) is 4.03. The molecule has 3 aliphatic rings. The van der Waals surface area contributed by atoms with E-state index in [9.17, 15) is 4.79 Å². The lowest BCUT2D eigenvalue weighted by Gasteiger charge is -2.51. The van der Waals surface area contributed by atoms with Gasteiger partial charge < -0.3 is 5.32 Å². The normalized spacial score (nSPS) is 25.4. The van der Waals surface area contributed by atoms with Gasteiger partial charge in [-0.15, -0.1) is 6.58 Å². The Balaban J connectivity index is 1.55. The minimum atomic E-state index is -0.179. The molecule has 1 amide bonds. The quantitative estimate of drug-likeness (QED) is 0.476. The van der Waals surface area contributed by atoms with Crippen LogP contribution in [0.15, 0.2) is 67.4 Å². The Morgan fingerprint density at radius 3 is 2.69 bits per heavy atom. The minimum absolute atomic E-state index is 0.178. The highest BCUT2D eigenvalue weighted by Gasteiger charge is 2.43. The number of fused-ring (bicyclic) bond motifs is 4. The predicted molar refractivity (Wildman–Crippen MR) is 130 cm³/mol. The van der Waals surface area contributed by atoms with E-state index < -0.39 is 0 Å². The van der Waals surface area contributed by atoms with Crippen molar-refractivity contribution in [3.63, 3.8) is 0 Å². The van der Waals surface area contributed by atoms with Gasteiger partial charge in [0, 0.05) is 39.8 Å². The average molecular weight is 466 g/mol. The summed E-state index contributed by atoms with van der Waals surface area (Å²) < 4.78 is 0. The van der Waals surface area contributed by atoms with E-state index in [0.717, 1.165) is 36.0 Å². The molecule has 6 rings (SSSR count). The number of rotatable bonds is 5. The lowest BCUT2D eigenvalue weighted by atomic mass is 9.73. The number of hydrogen-bond donors (Lipinski definition) is 1. The Kier molecular flexibility index (Phi) is 5.93. The Morgan fingerprint density at radius 2 is 1.97 bits per heavy atom. The van der Waals surface area contributed by atoms with Gasteiger partial charge in [-0.25, -0.2) is 0 Å². The summed E-state index contributed by atoms with van der Waals surface area (Å²) >= 11 is 12.3. The first kappa shape index (κ1) is 21.4. The van der Waals surface area contributed by atoms with Gasteiger partial charge in [0.05, 0.1) is 11.6 Å². The highest BCUT2D eigenvalue weighted by molar-refractivity contribution is 6.35. The van der Waals surface area contributed by atoms with Crippen molar-refractivity contribution in [2.45, 2.75) is 24.9 Å². The van der Waals surface area contributed by atoms with Crippen molar-refractivity contribution in [2.24, 2.45) is 11.8 Å². The maximum atomic E-state index is 13.4. The average Bonchev–Trinajstić information content (AvgIpc) is 2.81. The van der Waals surface area contributed by atoms with Gasteiger partial charge in [-0.1, -0.05) is 47.5 Å². The molecule has 2 aromatic carbocycles. The molecule has 2 bridgehead atoms. The van der Waals surface area contributed by atoms with Gasteiger partial charge >= 0.3 is 0 Å². The van der Waals surface area contributed by atoms with E-state index in [2.05, 4.69) is 33.9 Å². The van der Waals surface area contributed by atoms with Crippen molar-refractivity contribution in [1.82, 2.24) is 15.2 Å². The number of pyridine rings is 1. The standard InChI is InChI=1S/C26H25Cl2N3O/c1-2-16-15-31-10-8-17(16)13-24(31)25(22-7-9-29-23-6-4-3-5-21(22)23)30-26(32)18-11-19(27)14-20(28)12-18/h2-7,9,11-12,14,16-17,24-25H,1,8,10,13,15H2,(H,30,32)/t16?,17?,24?,25-/m0/s1. The molecule has 3 aliphatic heterocycles. The predicted octanol–water partition coefficient (Wildman–Crippen LogP) is 5.91. The molecule has 0 saturated carbocycles. The zero-order chi connectivity index (χ0) is 22.2.